The highest BCUT2D eigenvalue weighted by Crippen LogP contribution is 2.43. The summed E-state index contributed by atoms with van der Waals surface area (Å²) in [6, 6.07) is 62.3. The quantitative estimate of drug-likeness (QED) is 0.171. The molecule has 59 heavy (non-hydrogen) atoms. The van der Waals surface area contributed by atoms with E-state index in [1.54, 1.807) is 22.7 Å². The maximum absolute atomic E-state index is 5.48. The van der Waals surface area contributed by atoms with Crippen LogP contribution in [0.4, 0.5) is 0 Å². The van der Waals surface area contributed by atoms with Gasteiger partial charge in [-0.2, -0.15) is 0 Å². The Kier molecular flexibility index (Phi) is 7.70. The lowest BCUT2D eigenvalue weighted by molar-refractivity contribution is 1.18. The molecule has 0 amide bonds. The SMILES string of the molecule is C=C1C=C(c2cccc3sc4ccc(-c5nc6ccc7ccccc7c6s5)cc4c23)N=C(c2cccc(-n3c4ccccc4c4ccccc43)c2)N=C1c1ccccc1. The maximum Gasteiger partial charge on any atom is 0.160 e. The summed E-state index contributed by atoms with van der Waals surface area (Å²) in [5.41, 5.74) is 10.9. The third-order valence-electron chi connectivity index (χ3n) is 11.3. The van der Waals surface area contributed by atoms with E-state index in [0.29, 0.717) is 5.84 Å². The Morgan fingerprint density at radius 1 is 0.508 bits per heavy atom. The molecule has 1 aliphatic rings. The Balaban J connectivity index is 1.04. The third kappa shape index (κ3) is 5.52. The van der Waals surface area contributed by atoms with E-state index in [9.17, 15) is 0 Å². The summed E-state index contributed by atoms with van der Waals surface area (Å²) in [7, 11) is 0. The molecule has 11 aromatic rings. The van der Waals surface area contributed by atoms with Gasteiger partial charge in [0.15, 0.2) is 5.84 Å². The maximum atomic E-state index is 5.48. The van der Waals surface area contributed by atoms with Crippen molar-refractivity contribution in [1.29, 1.82) is 0 Å². The Labute approximate surface area is 347 Å². The van der Waals surface area contributed by atoms with Crippen molar-refractivity contribution in [2.45, 2.75) is 0 Å². The van der Waals surface area contributed by atoms with Crippen molar-refractivity contribution in [2.24, 2.45) is 9.98 Å². The first kappa shape index (κ1) is 33.8. The summed E-state index contributed by atoms with van der Waals surface area (Å²) in [6.07, 6.45) is 2.11. The Hall–Kier alpha value is -7.25. The summed E-state index contributed by atoms with van der Waals surface area (Å²) in [6.45, 7) is 4.60. The van der Waals surface area contributed by atoms with Crippen molar-refractivity contribution in [1.82, 2.24) is 9.55 Å². The highest BCUT2D eigenvalue weighted by Gasteiger charge is 2.21. The van der Waals surface area contributed by atoms with E-state index in [-0.39, 0.29) is 0 Å². The van der Waals surface area contributed by atoms with Crippen LogP contribution in [0.5, 0.6) is 0 Å². The molecule has 0 spiro atoms. The average Bonchev–Trinajstić information content (AvgIpc) is 3.96. The highest BCUT2D eigenvalue weighted by atomic mass is 32.1. The third-order valence-corrected chi connectivity index (χ3v) is 13.6. The molecular formula is C53H32N4S2. The average molecular weight is 789 g/mol. The molecule has 0 aliphatic carbocycles. The number of para-hydroxylation sites is 2. The zero-order valence-corrected chi connectivity index (χ0v) is 33.3. The molecule has 0 atom stereocenters. The number of rotatable bonds is 5. The summed E-state index contributed by atoms with van der Waals surface area (Å²) in [5, 5.41) is 8.29. The van der Waals surface area contributed by atoms with E-state index in [4.69, 9.17) is 15.0 Å². The molecule has 0 bridgehead atoms. The van der Waals surface area contributed by atoms with Crippen LogP contribution in [-0.2, 0) is 0 Å². The molecule has 6 heteroatoms. The fraction of sp³-hybridized carbons (Fsp3) is 0. The summed E-state index contributed by atoms with van der Waals surface area (Å²) in [4.78, 5) is 16.0. The van der Waals surface area contributed by atoms with Gasteiger partial charge in [0.25, 0.3) is 0 Å². The molecule has 3 aromatic heterocycles. The number of thiophene rings is 1. The first-order chi connectivity index (χ1) is 29.1. The van der Waals surface area contributed by atoms with Crippen molar-refractivity contribution in [3.63, 3.8) is 0 Å². The second-order valence-electron chi connectivity index (χ2n) is 14.9. The van der Waals surface area contributed by atoms with Crippen molar-refractivity contribution in [3.8, 4) is 16.3 Å². The lowest BCUT2D eigenvalue weighted by Crippen LogP contribution is -2.07. The number of fused-ring (bicyclic) bond motifs is 9. The van der Waals surface area contributed by atoms with E-state index < -0.39 is 0 Å². The van der Waals surface area contributed by atoms with E-state index in [1.807, 2.05) is 18.2 Å². The monoisotopic (exact) mass is 788 g/mol. The topological polar surface area (TPSA) is 42.5 Å². The van der Waals surface area contributed by atoms with E-state index in [1.165, 1.54) is 46.4 Å². The van der Waals surface area contributed by atoms with Gasteiger partial charge >= 0.3 is 0 Å². The normalized spacial score (nSPS) is 13.4. The van der Waals surface area contributed by atoms with Crippen LogP contribution in [0.3, 0.4) is 0 Å². The number of benzene rings is 8. The number of aliphatic imine (C=N–C) groups is 2. The Morgan fingerprint density at radius 3 is 2.07 bits per heavy atom. The van der Waals surface area contributed by atoms with E-state index in [0.717, 1.165) is 66.5 Å². The summed E-state index contributed by atoms with van der Waals surface area (Å²) >= 11 is 3.57. The van der Waals surface area contributed by atoms with Crippen LogP contribution in [0.1, 0.15) is 16.7 Å². The van der Waals surface area contributed by atoms with Crippen molar-refractivity contribution in [3.05, 3.63) is 211 Å². The van der Waals surface area contributed by atoms with Gasteiger partial charge in [0.05, 0.1) is 32.7 Å². The summed E-state index contributed by atoms with van der Waals surface area (Å²) in [5.74, 6) is 0.635. The van der Waals surface area contributed by atoms with Crippen LogP contribution in [0.15, 0.2) is 204 Å². The highest BCUT2D eigenvalue weighted by molar-refractivity contribution is 7.26. The van der Waals surface area contributed by atoms with Crippen molar-refractivity contribution >= 4 is 103 Å². The van der Waals surface area contributed by atoms with Crippen LogP contribution >= 0.6 is 22.7 Å². The van der Waals surface area contributed by atoms with Crippen LogP contribution in [0.25, 0.3) is 84.9 Å². The van der Waals surface area contributed by atoms with Gasteiger partial charge in [0.1, 0.15) is 5.01 Å². The number of amidine groups is 1. The lowest BCUT2D eigenvalue weighted by atomic mass is 9.99. The number of thiazole rings is 1. The lowest BCUT2D eigenvalue weighted by Gasteiger charge is -2.11. The zero-order chi connectivity index (χ0) is 39.0. The number of hydrogen-bond donors (Lipinski definition) is 0. The number of aromatic nitrogens is 2. The van der Waals surface area contributed by atoms with Crippen LogP contribution < -0.4 is 0 Å². The Bertz CT molecular complexity index is 3580. The minimum atomic E-state index is 0.635. The molecule has 1 aliphatic heterocycles. The molecule has 0 saturated heterocycles. The number of hydrogen-bond acceptors (Lipinski definition) is 5. The summed E-state index contributed by atoms with van der Waals surface area (Å²) < 4.78 is 5.98. The predicted molar refractivity (Wildman–Crippen MR) is 253 cm³/mol. The molecule has 276 valence electrons. The minimum Gasteiger partial charge on any atom is -0.309 e. The molecule has 0 fully saturated rings. The van der Waals surface area contributed by atoms with Crippen LogP contribution in [0.2, 0.25) is 0 Å². The van der Waals surface area contributed by atoms with Gasteiger partial charge in [-0.15, -0.1) is 22.7 Å². The molecule has 4 heterocycles. The molecular weight excluding hydrogens is 757 g/mol. The molecule has 4 nitrogen and oxygen atoms in total. The van der Waals surface area contributed by atoms with E-state index in [2.05, 4.69) is 175 Å². The van der Waals surface area contributed by atoms with E-state index >= 15 is 0 Å². The molecule has 0 saturated carbocycles. The van der Waals surface area contributed by atoms with Gasteiger partial charge in [-0.3, -0.25) is 0 Å². The molecule has 0 N–H and O–H groups in total. The van der Waals surface area contributed by atoms with Crippen molar-refractivity contribution in [2.75, 3.05) is 0 Å². The Morgan fingerprint density at radius 2 is 1.24 bits per heavy atom. The van der Waals surface area contributed by atoms with Gasteiger partial charge < -0.3 is 4.57 Å². The van der Waals surface area contributed by atoms with Gasteiger partial charge in [-0.1, -0.05) is 134 Å². The largest absolute Gasteiger partial charge is 0.309 e. The van der Waals surface area contributed by atoms with Gasteiger partial charge in [0.2, 0.25) is 0 Å². The van der Waals surface area contributed by atoms with Gasteiger partial charge in [-0.25, -0.2) is 15.0 Å². The molecule has 12 rings (SSSR count). The van der Waals surface area contributed by atoms with Gasteiger partial charge in [0, 0.05) is 64.3 Å². The molecule has 0 radical (unpaired) electrons. The molecule has 0 unspecified atom stereocenters. The first-order valence-corrected chi connectivity index (χ1v) is 21.2. The smallest absolute Gasteiger partial charge is 0.160 e. The first-order valence-electron chi connectivity index (χ1n) is 19.6. The second kappa shape index (κ2) is 13.4. The van der Waals surface area contributed by atoms with Crippen molar-refractivity contribution < 1.29 is 0 Å². The second-order valence-corrected chi connectivity index (χ2v) is 17.0. The van der Waals surface area contributed by atoms with Crippen LogP contribution in [0, 0.1) is 0 Å². The van der Waals surface area contributed by atoms with Crippen LogP contribution in [-0.4, -0.2) is 21.1 Å². The standard InChI is InChI=1S/C53H32N4S2/c1-32-29-44(41-21-12-24-48-49(41)42-31-36(26-28-47(42)58-48)53-55-43-27-25-33-13-5-6-18-38(33)51(43)59-53)54-52(56-50(32)34-14-3-2-4-15-34)35-16-11-17-37(30-35)57-45-22-9-7-19-39(45)40-20-8-10-23-46(40)57/h2-31H,1H2. The minimum absolute atomic E-state index is 0.635. The fourth-order valence-electron chi connectivity index (χ4n) is 8.63. The molecule has 8 aromatic carbocycles. The van der Waals surface area contributed by atoms with Gasteiger partial charge in [-0.05, 0) is 65.6 Å². The predicted octanol–water partition coefficient (Wildman–Crippen LogP) is 14.4. The number of allylic oxidation sites excluding steroid dienone is 2. The zero-order valence-electron chi connectivity index (χ0n) is 31.6. The fourth-order valence-corrected chi connectivity index (χ4v) is 10.8. The number of nitrogens with zero attached hydrogens (tertiary/aromatic N) is 4.